The zero-order valence-electron chi connectivity index (χ0n) is 14.1. The molecule has 6 heteroatoms. The van der Waals surface area contributed by atoms with Gasteiger partial charge in [-0.05, 0) is 29.8 Å². The minimum Gasteiger partial charge on any atom is -0.503 e. The predicted molar refractivity (Wildman–Crippen MR) is 103 cm³/mol. The number of carbonyl (C=O) groups excluding carboxylic acids is 1. The number of benzene rings is 2. The standard InChI is InChI=1S/C20H18BrNO4/c1-26-12-11-16(23)17-18(13-5-3-2-4-6-13)22(20(25)19(17)24)15-9-7-14(21)8-10-15/h2-10,24-25H,11-12H2,1H3. The minimum atomic E-state index is -0.423. The summed E-state index contributed by atoms with van der Waals surface area (Å²) >= 11 is 3.38. The van der Waals surface area contributed by atoms with E-state index in [4.69, 9.17) is 4.74 Å². The molecule has 0 bridgehead atoms. The van der Waals surface area contributed by atoms with Crippen LogP contribution in [0.5, 0.6) is 11.6 Å². The zero-order valence-corrected chi connectivity index (χ0v) is 15.7. The lowest BCUT2D eigenvalue weighted by atomic mass is 10.0. The van der Waals surface area contributed by atoms with Crippen LogP contribution in [-0.4, -0.2) is 34.3 Å². The highest BCUT2D eigenvalue weighted by Crippen LogP contribution is 2.43. The summed E-state index contributed by atoms with van der Waals surface area (Å²) in [6, 6.07) is 16.4. The highest BCUT2D eigenvalue weighted by atomic mass is 79.9. The number of ether oxygens (including phenoxy) is 1. The van der Waals surface area contributed by atoms with Gasteiger partial charge in [0, 0.05) is 23.7 Å². The Kier molecular flexibility index (Phi) is 5.44. The summed E-state index contributed by atoms with van der Waals surface area (Å²) in [5, 5.41) is 21.1. The van der Waals surface area contributed by atoms with Gasteiger partial charge in [0.1, 0.15) is 0 Å². The van der Waals surface area contributed by atoms with Crippen molar-refractivity contribution in [2.24, 2.45) is 0 Å². The normalized spacial score (nSPS) is 10.8. The molecular formula is C20H18BrNO4. The number of rotatable bonds is 6. The molecule has 1 aromatic heterocycles. The maximum Gasteiger partial charge on any atom is 0.240 e. The van der Waals surface area contributed by atoms with Crippen molar-refractivity contribution in [2.45, 2.75) is 6.42 Å². The molecule has 5 nitrogen and oxygen atoms in total. The van der Waals surface area contributed by atoms with E-state index >= 15 is 0 Å². The molecule has 0 aliphatic rings. The van der Waals surface area contributed by atoms with Gasteiger partial charge in [0.15, 0.2) is 11.5 Å². The van der Waals surface area contributed by atoms with Crippen molar-refractivity contribution >= 4 is 21.7 Å². The van der Waals surface area contributed by atoms with Crippen molar-refractivity contribution in [1.29, 1.82) is 0 Å². The Hall–Kier alpha value is -2.57. The Bertz CT molecular complexity index is 917. The number of carbonyl (C=O) groups is 1. The second kappa shape index (κ2) is 7.76. The fourth-order valence-electron chi connectivity index (χ4n) is 2.84. The molecule has 0 aliphatic carbocycles. The lowest BCUT2D eigenvalue weighted by Crippen LogP contribution is -2.06. The van der Waals surface area contributed by atoms with Gasteiger partial charge in [-0.1, -0.05) is 46.3 Å². The molecule has 26 heavy (non-hydrogen) atoms. The predicted octanol–water partition coefficient (Wildman–Crippen LogP) is 4.54. The number of Topliss-reactive ketones (excluding diaryl/α,β-unsaturated/α-hetero) is 1. The van der Waals surface area contributed by atoms with Crippen LogP contribution in [0.4, 0.5) is 0 Å². The van der Waals surface area contributed by atoms with E-state index in [1.54, 1.807) is 12.1 Å². The summed E-state index contributed by atoms with van der Waals surface area (Å²) in [6.07, 6.45) is 0.105. The highest BCUT2D eigenvalue weighted by Gasteiger charge is 2.28. The number of aromatic nitrogens is 1. The molecular weight excluding hydrogens is 398 g/mol. The van der Waals surface area contributed by atoms with Crippen LogP contribution in [0.3, 0.4) is 0 Å². The highest BCUT2D eigenvalue weighted by molar-refractivity contribution is 9.10. The van der Waals surface area contributed by atoms with Crippen LogP contribution in [0.15, 0.2) is 59.1 Å². The van der Waals surface area contributed by atoms with E-state index in [0.717, 1.165) is 4.47 Å². The molecule has 0 fully saturated rings. The van der Waals surface area contributed by atoms with Gasteiger partial charge in [-0.2, -0.15) is 0 Å². The quantitative estimate of drug-likeness (QED) is 0.579. The van der Waals surface area contributed by atoms with E-state index in [9.17, 15) is 15.0 Å². The Labute approximate surface area is 159 Å². The van der Waals surface area contributed by atoms with Gasteiger partial charge in [-0.25, -0.2) is 0 Å². The Morgan fingerprint density at radius 1 is 1.08 bits per heavy atom. The van der Waals surface area contributed by atoms with Gasteiger partial charge in [-0.3, -0.25) is 9.36 Å². The van der Waals surface area contributed by atoms with E-state index in [1.807, 2.05) is 42.5 Å². The minimum absolute atomic E-state index is 0.0914. The summed E-state index contributed by atoms with van der Waals surface area (Å²) in [7, 11) is 1.51. The van der Waals surface area contributed by atoms with E-state index in [2.05, 4.69) is 15.9 Å². The largest absolute Gasteiger partial charge is 0.503 e. The van der Waals surface area contributed by atoms with Crippen molar-refractivity contribution in [3.63, 3.8) is 0 Å². The van der Waals surface area contributed by atoms with Crippen LogP contribution < -0.4 is 0 Å². The molecule has 0 saturated carbocycles. The topological polar surface area (TPSA) is 71.7 Å². The Morgan fingerprint density at radius 2 is 1.73 bits per heavy atom. The number of methoxy groups -OCH3 is 1. The fraction of sp³-hybridized carbons (Fsp3) is 0.150. The number of nitrogens with zero attached hydrogens (tertiary/aromatic N) is 1. The Morgan fingerprint density at radius 3 is 2.35 bits per heavy atom. The third-order valence-electron chi connectivity index (χ3n) is 4.06. The first kappa shape index (κ1) is 18.2. The molecule has 3 aromatic rings. The van der Waals surface area contributed by atoms with Gasteiger partial charge in [0.05, 0.1) is 17.9 Å². The number of hydrogen-bond donors (Lipinski definition) is 2. The smallest absolute Gasteiger partial charge is 0.240 e. The molecule has 0 radical (unpaired) electrons. The van der Waals surface area contributed by atoms with E-state index < -0.39 is 5.75 Å². The van der Waals surface area contributed by atoms with Crippen LogP contribution in [0.2, 0.25) is 0 Å². The number of halogens is 1. The first-order chi connectivity index (χ1) is 12.5. The van der Waals surface area contributed by atoms with Crippen LogP contribution in [0, 0.1) is 0 Å². The van der Waals surface area contributed by atoms with Crippen LogP contribution in [0.1, 0.15) is 16.8 Å². The second-order valence-electron chi connectivity index (χ2n) is 5.74. The lowest BCUT2D eigenvalue weighted by molar-refractivity contribution is 0.0930. The van der Waals surface area contributed by atoms with Crippen molar-refractivity contribution in [2.75, 3.05) is 13.7 Å². The number of ketones is 1. The maximum atomic E-state index is 12.7. The monoisotopic (exact) mass is 415 g/mol. The molecule has 0 amide bonds. The summed E-state index contributed by atoms with van der Waals surface area (Å²) in [5.41, 5.74) is 1.88. The molecule has 0 aliphatic heterocycles. The van der Waals surface area contributed by atoms with Gasteiger partial charge in [-0.15, -0.1) is 0 Å². The van der Waals surface area contributed by atoms with E-state index in [-0.39, 0.29) is 30.3 Å². The number of aromatic hydroxyl groups is 2. The summed E-state index contributed by atoms with van der Waals surface area (Å²) < 4.78 is 7.34. The number of hydrogen-bond acceptors (Lipinski definition) is 4. The van der Waals surface area contributed by atoms with Crippen molar-refractivity contribution < 1.29 is 19.7 Å². The SMILES string of the molecule is COCCC(=O)c1c(O)c(O)n(-c2ccc(Br)cc2)c1-c1ccccc1. The first-order valence-corrected chi connectivity index (χ1v) is 8.84. The Balaban J connectivity index is 2.27. The van der Waals surface area contributed by atoms with Crippen LogP contribution >= 0.6 is 15.9 Å². The molecule has 2 aromatic carbocycles. The third-order valence-corrected chi connectivity index (χ3v) is 4.59. The first-order valence-electron chi connectivity index (χ1n) is 8.04. The van der Waals surface area contributed by atoms with Crippen LogP contribution in [0.25, 0.3) is 16.9 Å². The average molecular weight is 416 g/mol. The van der Waals surface area contributed by atoms with Crippen molar-refractivity contribution in [3.8, 4) is 28.6 Å². The summed E-state index contributed by atoms with van der Waals surface area (Å²) in [5.74, 6) is -1.09. The van der Waals surface area contributed by atoms with E-state index in [0.29, 0.717) is 16.9 Å². The molecule has 3 rings (SSSR count). The molecule has 0 unspecified atom stereocenters. The molecule has 0 atom stereocenters. The zero-order chi connectivity index (χ0) is 18.7. The molecule has 1 heterocycles. The lowest BCUT2D eigenvalue weighted by Gasteiger charge is -2.12. The third kappa shape index (κ3) is 3.38. The van der Waals surface area contributed by atoms with Gasteiger partial charge in [0.25, 0.3) is 0 Å². The van der Waals surface area contributed by atoms with E-state index in [1.165, 1.54) is 11.7 Å². The second-order valence-corrected chi connectivity index (χ2v) is 6.66. The maximum absolute atomic E-state index is 12.7. The molecule has 2 N–H and O–H groups in total. The average Bonchev–Trinajstić information content (AvgIpc) is 2.92. The van der Waals surface area contributed by atoms with Gasteiger partial charge < -0.3 is 14.9 Å². The van der Waals surface area contributed by atoms with Gasteiger partial charge >= 0.3 is 0 Å². The fourth-order valence-corrected chi connectivity index (χ4v) is 3.11. The molecule has 134 valence electrons. The summed E-state index contributed by atoms with van der Waals surface area (Å²) in [4.78, 5) is 12.7. The van der Waals surface area contributed by atoms with Crippen molar-refractivity contribution in [1.82, 2.24) is 4.57 Å². The molecule has 0 saturated heterocycles. The van der Waals surface area contributed by atoms with Crippen LogP contribution in [-0.2, 0) is 4.74 Å². The summed E-state index contributed by atoms with van der Waals surface area (Å²) in [6.45, 7) is 0.233. The van der Waals surface area contributed by atoms with Crippen molar-refractivity contribution in [3.05, 3.63) is 64.6 Å². The van der Waals surface area contributed by atoms with Gasteiger partial charge in [0.2, 0.25) is 5.88 Å². The molecule has 0 spiro atoms.